The third kappa shape index (κ3) is 6.94. The number of fused-ring (bicyclic) bond motifs is 1. The van der Waals surface area contributed by atoms with E-state index in [4.69, 9.17) is 4.74 Å². The first-order valence-electron chi connectivity index (χ1n) is 11.0. The Morgan fingerprint density at radius 3 is 2.61 bits per heavy atom. The zero-order valence-electron chi connectivity index (χ0n) is 19.2. The summed E-state index contributed by atoms with van der Waals surface area (Å²) in [4.78, 5) is 31.2. The van der Waals surface area contributed by atoms with Crippen molar-refractivity contribution in [2.24, 2.45) is 0 Å². The van der Waals surface area contributed by atoms with Gasteiger partial charge in [-0.3, -0.25) is 14.6 Å². The lowest BCUT2D eigenvalue weighted by Gasteiger charge is -2.28. The largest absolute Gasteiger partial charge is 0.377 e. The summed E-state index contributed by atoms with van der Waals surface area (Å²) >= 11 is 1.49. The van der Waals surface area contributed by atoms with Gasteiger partial charge in [-0.15, -0.1) is 0 Å². The number of carbonyl (C=O) groups excluding carboxylic acids is 2. The van der Waals surface area contributed by atoms with Crippen LogP contribution in [0, 0.1) is 0 Å². The number of pyridine rings is 1. The summed E-state index contributed by atoms with van der Waals surface area (Å²) in [5.74, 6) is -0.0986. The number of ether oxygens (including phenoxy) is 1. The fourth-order valence-corrected chi connectivity index (χ4v) is 4.30. The number of para-hydroxylation sites is 1. The number of carbonyl (C=O) groups is 2. The number of nitrogens with zero attached hydrogens (tertiary/aromatic N) is 2. The molecule has 2 aromatic carbocycles. The van der Waals surface area contributed by atoms with Gasteiger partial charge in [0.15, 0.2) is 0 Å². The third-order valence-corrected chi connectivity index (χ3v) is 5.96. The van der Waals surface area contributed by atoms with E-state index in [9.17, 15) is 9.59 Å². The predicted molar refractivity (Wildman–Crippen MR) is 133 cm³/mol. The number of nitrogens with one attached hydrogen (secondary N) is 2. The Balaban J connectivity index is 1.68. The average molecular weight is 467 g/mol. The third-order valence-electron chi connectivity index (χ3n) is 5.07. The van der Waals surface area contributed by atoms with Gasteiger partial charge in [-0.1, -0.05) is 18.2 Å². The van der Waals surface area contributed by atoms with Gasteiger partial charge < -0.3 is 19.7 Å². The average Bonchev–Trinajstić information content (AvgIpc) is 2.82. The van der Waals surface area contributed by atoms with Crippen molar-refractivity contribution in [3.8, 4) is 0 Å². The van der Waals surface area contributed by atoms with Crippen LogP contribution in [-0.2, 0) is 9.53 Å². The van der Waals surface area contributed by atoms with Crippen molar-refractivity contribution in [1.29, 1.82) is 0 Å². The van der Waals surface area contributed by atoms with Crippen LogP contribution in [0.25, 0.3) is 10.9 Å². The van der Waals surface area contributed by atoms with Gasteiger partial charge in [-0.05, 0) is 69.1 Å². The van der Waals surface area contributed by atoms with Crippen molar-refractivity contribution < 1.29 is 14.3 Å². The second kappa shape index (κ2) is 12.2. The maximum Gasteiger partial charge on any atom is 0.254 e. The number of hydrogen-bond donors (Lipinski definition) is 2. The maximum atomic E-state index is 13.2. The van der Waals surface area contributed by atoms with Crippen LogP contribution >= 0.6 is 11.9 Å². The Labute approximate surface area is 199 Å². The quantitative estimate of drug-likeness (QED) is 0.305. The van der Waals surface area contributed by atoms with E-state index in [1.807, 2.05) is 75.4 Å². The lowest BCUT2D eigenvalue weighted by Crippen LogP contribution is -2.45. The van der Waals surface area contributed by atoms with Crippen LogP contribution in [0.1, 0.15) is 31.1 Å². The normalized spacial score (nSPS) is 12.7. The molecule has 2 unspecified atom stereocenters. The number of benzene rings is 2. The molecule has 1 aromatic heterocycles. The smallest absolute Gasteiger partial charge is 0.254 e. The number of aromatic nitrogens is 1. The molecule has 33 heavy (non-hydrogen) atoms. The van der Waals surface area contributed by atoms with Crippen LogP contribution < -0.4 is 10.0 Å². The van der Waals surface area contributed by atoms with Gasteiger partial charge in [0, 0.05) is 48.6 Å². The van der Waals surface area contributed by atoms with Gasteiger partial charge in [0.2, 0.25) is 6.41 Å². The van der Waals surface area contributed by atoms with E-state index in [-0.39, 0.29) is 18.1 Å². The summed E-state index contributed by atoms with van der Waals surface area (Å²) in [6.45, 7) is 7.16. The molecule has 0 spiro atoms. The molecule has 0 saturated carbocycles. The Morgan fingerprint density at radius 2 is 1.88 bits per heavy atom. The molecule has 0 saturated heterocycles. The van der Waals surface area contributed by atoms with Gasteiger partial charge in [0.1, 0.15) is 0 Å². The van der Waals surface area contributed by atoms with E-state index in [0.29, 0.717) is 31.7 Å². The summed E-state index contributed by atoms with van der Waals surface area (Å²) in [6, 6.07) is 17.3. The van der Waals surface area contributed by atoms with Crippen molar-refractivity contribution in [2.45, 2.75) is 37.8 Å². The summed E-state index contributed by atoms with van der Waals surface area (Å²) in [7, 11) is 0. The minimum Gasteiger partial charge on any atom is -0.377 e. The van der Waals surface area contributed by atoms with Crippen LogP contribution in [0.2, 0.25) is 0 Å². The highest BCUT2D eigenvalue weighted by Crippen LogP contribution is 2.27. The Morgan fingerprint density at radius 1 is 1.12 bits per heavy atom. The molecular weight excluding hydrogens is 436 g/mol. The Hall–Kier alpha value is -3.10. The molecule has 2 amide bonds. The van der Waals surface area contributed by atoms with E-state index in [2.05, 4.69) is 15.0 Å². The van der Waals surface area contributed by atoms with Gasteiger partial charge in [-0.25, -0.2) is 0 Å². The molecule has 7 nitrogen and oxygen atoms in total. The molecule has 2 N–H and O–H groups in total. The molecule has 174 valence electrons. The lowest BCUT2D eigenvalue weighted by atomic mass is 10.1. The number of anilines is 1. The standard InChI is InChI=1S/C25H30N4O3S/c1-4-32-19(3)16-29(15-18(2)27-17-30)25(31)21-10-12-22(13-11-21)28-33-23-9-5-7-20-8-6-14-26-24(20)23/h5-14,17-19,28H,4,15-16H2,1-3H3,(H,27,30). The second-order valence-electron chi connectivity index (χ2n) is 7.77. The molecule has 8 heteroatoms. The fraction of sp³-hybridized carbons (Fsp3) is 0.320. The fourth-order valence-electron chi connectivity index (χ4n) is 3.52. The summed E-state index contributed by atoms with van der Waals surface area (Å²) in [6.07, 6.45) is 2.34. The summed E-state index contributed by atoms with van der Waals surface area (Å²) in [5.41, 5.74) is 2.41. The van der Waals surface area contributed by atoms with E-state index in [0.717, 1.165) is 21.5 Å². The molecule has 2 atom stereocenters. The topological polar surface area (TPSA) is 83.6 Å². The molecule has 0 fully saturated rings. The minimum absolute atomic E-state index is 0.0986. The summed E-state index contributed by atoms with van der Waals surface area (Å²) < 4.78 is 8.95. The molecule has 3 aromatic rings. The van der Waals surface area contributed by atoms with Crippen molar-refractivity contribution in [3.05, 3.63) is 66.4 Å². The molecule has 0 bridgehead atoms. The maximum absolute atomic E-state index is 13.2. The molecule has 3 rings (SSSR count). The first-order valence-corrected chi connectivity index (χ1v) is 11.8. The molecule has 0 aliphatic rings. The molecule has 0 aliphatic carbocycles. The zero-order chi connectivity index (χ0) is 23.6. The van der Waals surface area contributed by atoms with Crippen LogP contribution in [-0.4, -0.2) is 54.0 Å². The first-order chi connectivity index (χ1) is 16.0. The highest BCUT2D eigenvalue weighted by molar-refractivity contribution is 8.00. The van der Waals surface area contributed by atoms with E-state index < -0.39 is 0 Å². The Kier molecular flexibility index (Phi) is 9.09. The van der Waals surface area contributed by atoms with Crippen molar-refractivity contribution in [3.63, 3.8) is 0 Å². The number of amides is 2. The van der Waals surface area contributed by atoms with Crippen LogP contribution in [0.3, 0.4) is 0 Å². The molecular formula is C25H30N4O3S. The highest BCUT2D eigenvalue weighted by atomic mass is 32.2. The molecule has 0 radical (unpaired) electrons. The van der Waals surface area contributed by atoms with Gasteiger partial charge in [0.25, 0.3) is 5.91 Å². The number of hydrogen-bond acceptors (Lipinski definition) is 6. The van der Waals surface area contributed by atoms with Gasteiger partial charge >= 0.3 is 0 Å². The monoisotopic (exact) mass is 466 g/mol. The Bertz CT molecular complexity index is 1060. The molecule has 0 aliphatic heterocycles. The van der Waals surface area contributed by atoms with E-state index in [1.54, 1.807) is 11.1 Å². The van der Waals surface area contributed by atoms with Crippen molar-refractivity contribution in [1.82, 2.24) is 15.2 Å². The SMILES string of the molecule is CCOC(C)CN(CC(C)NC=O)C(=O)c1ccc(NSc2cccc3cccnc23)cc1. The second-order valence-corrected chi connectivity index (χ2v) is 8.62. The minimum atomic E-state index is -0.160. The lowest BCUT2D eigenvalue weighted by molar-refractivity contribution is -0.110. The molecule has 1 heterocycles. The first kappa shape index (κ1) is 24.5. The van der Waals surface area contributed by atoms with Crippen LogP contribution in [0.4, 0.5) is 5.69 Å². The van der Waals surface area contributed by atoms with Crippen LogP contribution in [0.5, 0.6) is 0 Å². The highest BCUT2D eigenvalue weighted by Gasteiger charge is 2.20. The summed E-state index contributed by atoms with van der Waals surface area (Å²) in [5, 5.41) is 3.80. The number of rotatable bonds is 12. The van der Waals surface area contributed by atoms with Crippen LogP contribution in [0.15, 0.2) is 65.7 Å². The van der Waals surface area contributed by atoms with Crippen molar-refractivity contribution in [2.75, 3.05) is 24.4 Å². The van der Waals surface area contributed by atoms with Gasteiger partial charge in [0.05, 0.1) is 16.5 Å². The van der Waals surface area contributed by atoms with Gasteiger partial charge in [-0.2, -0.15) is 0 Å². The van der Waals surface area contributed by atoms with E-state index in [1.165, 1.54) is 11.9 Å². The predicted octanol–water partition coefficient (Wildman–Crippen LogP) is 4.36. The van der Waals surface area contributed by atoms with E-state index >= 15 is 0 Å². The zero-order valence-corrected chi connectivity index (χ0v) is 20.0. The van der Waals surface area contributed by atoms with Crippen molar-refractivity contribution >= 4 is 40.9 Å².